The van der Waals surface area contributed by atoms with Crippen molar-refractivity contribution in [2.24, 2.45) is 0 Å². The molecule has 4 aromatic rings. The van der Waals surface area contributed by atoms with Crippen LogP contribution < -0.4 is 4.74 Å². The monoisotopic (exact) mass is 425 g/mol. The van der Waals surface area contributed by atoms with E-state index in [4.69, 9.17) is 9.26 Å². The van der Waals surface area contributed by atoms with Gasteiger partial charge in [0.2, 0.25) is 5.82 Å². The first-order valence-corrected chi connectivity index (χ1v) is 8.78. The zero-order valence-corrected chi connectivity index (χ0v) is 15.4. The zero-order chi connectivity index (χ0) is 18.8. The number of hydrogen-bond donors (Lipinski definition) is 0. The highest BCUT2D eigenvalue weighted by atomic mass is 79.9. The Hall–Kier alpha value is -3.26. The number of benzene rings is 3. The topological polar surface area (TPSA) is 91.3 Å². The number of nitro groups is 1. The predicted molar refractivity (Wildman–Crippen MR) is 102 cm³/mol. The minimum absolute atomic E-state index is 0.0322. The van der Waals surface area contributed by atoms with Gasteiger partial charge < -0.3 is 9.26 Å². The third-order valence-electron chi connectivity index (χ3n) is 3.96. The van der Waals surface area contributed by atoms with Crippen LogP contribution in [0, 0.1) is 10.1 Å². The molecule has 0 spiro atoms. The second-order valence-electron chi connectivity index (χ2n) is 5.71. The number of halogens is 1. The maximum atomic E-state index is 10.9. The number of aromatic nitrogens is 2. The Kier molecular flexibility index (Phi) is 4.55. The summed E-state index contributed by atoms with van der Waals surface area (Å²) in [6, 6.07) is 17.9. The van der Waals surface area contributed by atoms with Gasteiger partial charge in [0.05, 0.1) is 9.40 Å². The molecule has 27 heavy (non-hydrogen) atoms. The van der Waals surface area contributed by atoms with Gasteiger partial charge in [0, 0.05) is 17.7 Å². The standard InChI is InChI=1S/C19H12BrN3O4/c20-18-15-7-2-1-4-12(15)8-9-16(18)26-11-17-21-19(22-27-17)13-5-3-6-14(10-13)23(24)25/h1-10H,11H2. The van der Waals surface area contributed by atoms with E-state index >= 15 is 0 Å². The summed E-state index contributed by atoms with van der Waals surface area (Å²) >= 11 is 3.56. The summed E-state index contributed by atoms with van der Waals surface area (Å²) in [6.45, 7) is 0.0822. The zero-order valence-electron chi connectivity index (χ0n) is 13.8. The Bertz CT molecular complexity index is 1140. The summed E-state index contributed by atoms with van der Waals surface area (Å²) in [5.74, 6) is 1.20. The van der Waals surface area contributed by atoms with Gasteiger partial charge in [-0.1, -0.05) is 47.6 Å². The quantitative estimate of drug-likeness (QED) is 0.324. The first-order chi connectivity index (χ1) is 13.1. The van der Waals surface area contributed by atoms with Crippen LogP contribution in [0.3, 0.4) is 0 Å². The Morgan fingerprint density at radius 2 is 1.96 bits per heavy atom. The van der Waals surface area contributed by atoms with Gasteiger partial charge in [0.25, 0.3) is 11.6 Å². The van der Waals surface area contributed by atoms with Crippen LogP contribution in [0.5, 0.6) is 5.75 Å². The van der Waals surface area contributed by atoms with Crippen molar-refractivity contribution in [1.82, 2.24) is 10.1 Å². The maximum Gasteiger partial charge on any atom is 0.270 e. The summed E-state index contributed by atoms with van der Waals surface area (Å²) in [6.07, 6.45) is 0. The van der Waals surface area contributed by atoms with Crippen molar-refractivity contribution in [2.75, 3.05) is 0 Å². The lowest BCUT2D eigenvalue weighted by atomic mass is 10.1. The lowest BCUT2D eigenvalue weighted by Crippen LogP contribution is -1.97. The van der Waals surface area contributed by atoms with Crippen molar-refractivity contribution in [2.45, 2.75) is 6.61 Å². The fourth-order valence-electron chi connectivity index (χ4n) is 2.65. The number of rotatable bonds is 5. The van der Waals surface area contributed by atoms with Crippen LogP contribution in [0.4, 0.5) is 5.69 Å². The second-order valence-corrected chi connectivity index (χ2v) is 6.50. The lowest BCUT2D eigenvalue weighted by molar-refractivity contribution is -0.384. The van der Waals surface area contributed by atoms with E-state index in [2.05, 4.69) is 26.1 Å². The summed E-state index contributed by atoms with van der Waals surface area (Å²) in [7, 11) is 0. The average Bonchev–Trinajstić information content (AvgIpc) is 3.17. The van der Waals surface area contributed by atoms with E-state index in [9.17, 15) is 10.1 Å². The summed E-state index contributed by atoms with van der Waals surface area (Å²) < 4.78 is 11.8. The molecule has 4 rings (SSSR count). The molecule has 0 bridgehead atoms. The number of fused-ring (bicyclic) bond motifs is 1. The third-order valence-corrected chi connectivity index (χ3v) is 4.78. The van der Waals surface area contributed by atoms with Crippen molar-refractivity contribution in [1.29, 1.82) is 0 Å². The van der Waals surface area contributed by atoms with Crippen molar-refractivity contribution in [3.8, 4) is 17.1 Å². The highest BCUT2D eigenvalue weighted by Crippen LogP contribution is 2.33. The Morgan fingerprint density at radius 3 is 2.81 bits per heavy atom. The molecule has 0 atom stereocenters. The largest absolute Gasteiger partial charge is 0.483 e. The summed E-state index contributed by atoms with van der Waals surface area (Å²) in [5, 5.41) is 16.9. The van der Waals surface area contributed by atoms with Gasteiger partial charge in [-0.3, -0.25) is 10.1 Å². The maximum absolute atomic E-state index is 10.9. The molecule has 134 valence electrons. The molecule has 8 heteroatoms. The SMILES string of the molecule is O=[N+]([O-])c1cccc(-c2noc(COc3ccc4ccccc4c3Br)n2)c1. The minimum atomic E-state index is -0.467. The molecule has 0 saturated heterocycles. The molecule has 0 aliphatic rings. The Morgan fingerprint density at radius 1 is 1.11 bits per heavy atom. The van der Waals surface area contributed by atoms with E-state index in [-0.39, 0.29) is 24.0 Å². The fraction of sp³-hybridized carbons (Fsp3) is 0.0526. The van der Waals surface area contributed by atoms with Gasteiger partial charge in [-0.05, 0) is 32.8 Å². The van der Waals surface area contributed by atoms with Gasteiger partial charge in [0.15, 0.2) is 6.61 Å². The van der Waals surface area contributed by atoms with Crippen molar-refractivity contribution in [3.05, 3.63) is 81.1 Å². The van der Waals surface area contributed by atoms with Crippen LogP contribution in [0.25, 0.3) is 22.2 Å². The molecule has 1 aromatic heterocycles. The molecule has 0 saturated carbocycles. The van der Waals surface area contributed by atoms with Crippen LogP contribution in [-0.4, -0.2) is 15.1 Å². The number of nitro benzene ring substituents is 1. The Labute approximate surface area is 161 Å². The van der Waals surface area contributed by atoms with Gasteiger partial charge in [-0.15, -0.1) is 0 Å². The molecule has 0 aliphatic carbocycles. The molecular weight excluding hydrogens is 414 g/mol. The fourth-order valence-corrected chi connectivity index (χ4v) is 3.26. The van der Waals surface area contributed by atoms with E-state index < -0.39 is 4.92 Å². The van der Waals surface area contributed by atoms with Crippen molar-refractivity contribution in [3.63, 3.8) is 0 Å². The smallest absolute Gasteiger partial charge is 0.270 e. The van der Waals surface area contributed by atoms with Gasteiger partial charge in [-0.25, -0.2) is 0 Å². The van der Waals surface area contributed by atoms with Gasteiger partial charge >= 0.3 is 0 Å². The number of non-ortho nitro benzene ring substituents is 1. The number of ether oxygens (including phenoxy) is 1. The van der Waals surface area contributed by atoms with Crippen molar-refractivity contribution < 1.29 is 14.2 Å². The first-order valence-electron chi connectivity index (χ1n) is 7.99. The molecule has 7 nitrogen and oxygen atoms in total. The van der Waals surface area contributed by atoms with E-state index in [1.54, 1.807) is 12.1 Å². The molecule has 0 aliphatic heterocycles. The molecular formula is C19H12BrN3O4. The number of nitrogens with zero attached hydrogens (tertiary/aromatic N) is 3. The van der Waals surface area contributed by atoms with Crippen LogP contribution >= 0.6 is 15.9 Å². The summed E-state index contributed by atoms with van der Waals surface area (Å²) in [4.78, 5) is 14.7. The minimum Gasteiger partial charge on any atom is -0.483 e. The molecule has 0 fully saturated rings. The second kappa shape index (κ2) is 7.16. The average molecular weight is 426 g/mol. The molecule has 3 aromatic carbocycles. The molecule has 0 N–H and O–H groups in total. The van der Waals surface area contributed by atoms with E-state index in [1.165, 1.54) is 12.1 Å². The van der Waals surface area contributed by atoms with Crippen LogP contribution in [0.15, 0.2) is 69.7 Å². The van der Waals surface area contributed by atoms with Gasteiger partial charge in [0.1, 0.15) is 5.75 Å². The molecule has 0 unspecified atom stereocenters. The summed E-state index contributed by atoms with van der Waals surface area (Å²) in [5.41, 5.74) is 0.473. The van der Waals surface area contributed by atoms with E-state index in [1.807, 2.05) is 36.4 Å². The molecule has 0 radical (unpaired) electrons. The first kappa shape index (κ1) is 17.2. The Balaban J connectivity index is 1.53. The lowest BCUT2D eigenvalue weighted by Gasteiger charge is -2.08. The van der Waals surface area contributed by atoms with Gasteiger partial charge in [-0.2, -0.15) is 4.98 Å². The number of hydrogen-bond acceptors (Lipinski definition) is 6. The van der Waals surface area contributed by atoms with E-state index in [0.29, 0.717) is 11.3 Å². The highest BCUT2D eigenvalue weighted by Gasteiger charge is 2.14. The highest BCUT2D eigenvalue weighted by molar-refractivity contribution is 9.10. The van der Waals surface area contributed by atoms with Crippen molar-refractivity contribution >= 4 is 32.4 Å². The van der Waals surface area contributed by atoms with E-state index in [0.717, 1.165) is 15.2 Å². The molecule has 0 amide bonds. The van der Waals surface area contributed by atoms with Crippen LogP contribution in [-0.2, 0) is 6.61 Å². The predicted octanol–water partition coefficient (Wildman–Crippen LogP) is 5.14. The molecule has 1 heterocycles. The van der Waals surface area contributed by atoms with Crippen LogP contribution in [0.2, 0.25) is 0 Å². The third kappa shape index (κ3) is 3.52. The normalized spacial score (nSPS) is 10.9. The van der Waals surface area contributed by atoms with Crippen LogP contribution in [0.1, 0.15) is 5.89 Å².